The summed E-state index contributed by atoms with van der Waals surface area (Å²) >= 11 is 1.61. The molecule has 3 rings (SSSR count). The van der Waals surface area contributed by atoms with Crippen LogP contribution in [0.1, 0.15) is 28.8 Å². The molecular formula is C21H25NO3S. The van der Waals surface area contributed by atoms with Crippen molar-refractivity contribution in [2.75, 3.05) is 26.5 Å². The Morgan fingerprint density at radius 3 is 2.85 bits per heavy atom. The fourth-order valence-corrected chi connectivity index (χ4v) is 4.21. The average molecular weight is 372 g/mol. The van der Waals surface area contributed by atoms with Crippen molar-refractivity contribution < 1.29 is 14.6 Å². The van der Waals surface area contributed by atoms with Crippen LogP contribution >= 0.6 is 11.8 Å². The summed E-state index contributed by atoms with van der Waals surface area (Å²) in [5.41, 5.74) is 1.61. The minimum Gasteiger partial charge on any atom is -0.507 e. The first-order valence-corrected chi connectivity index (χ1v) is 10.1. The maximum atomic E-state index is 13.1. The van der Waals surface area contributed by atoms with Crippen LogP contribution in [0.4, 0.5) is 0 Å². The van der Waals surface area contributed by atoms with Crippen LogP contribution in [0.2, 0.25) is 0 Å². The number of likely N-dealkylation sites (tertiary alicyclic amines) is 1. The molecule has 0 aromatic heterocycles. The van der Waals surface area contributed by atoms with Crippen molar-refractivity contribution in [3.05, 3.63) is 53.6 Å². The Labute approximate surface area is 159 Å². The molecular weight excluding hydrogens is 346 g/mol. The number of methoxy groups -OCH3 is 1. The number of carbonyl (C=O) groups is 1. The molecule has 0 bridgehead atoms. The molecule has 5 heteroatoms. The molecule has 0 radical (unpaired) electrons. The number of Topliss-reactive ketones (excluding diaryl/α,β-unsaturated/α-hetero) is 1. The number of hydrogen-bond acceptors (Lipinski definition) is 5. The first-order valence-electron chi connectivity index (χ1n) is 8.88. The van der Waals surface area contributed by atoms with Crippen LogP contribution in [0.25, 0.3) is 0 Å². The van der Waals surface area contributed by atoms with Gasteiger partial charge in [-0.2, -0.15) is 0 Å². The molecule has 1 N–H and O–H groups in total. The number of hydrogen-bond donors (Lipinski definition) is 1. The fraction of sp³-hybridized carbons (Fsp3) is 0.381. The Kier molecular flexibility index (Phi) is 6.22. The average Bonchev–Trinajstić information content (AvgIpc) is 2.69. The Hall–Kier alpha value is -1.98. The van der Waals surface area contributed by atoms with Crippen molar-refractivity contribution in [3.63, 3.8) is 0 Å². The number of piperidine rings is 1. The Morgan fingerprint density at radius 2 is 2.08 bits per heavy atom. The van der Waals surface area contributed by atoms with Crippen molar-refractivity contribution in [3.8, 4) is 11.5 Å². The summed E-state index contributed by atoms with van der Waals surface area (Å²) in [7, 11) is 1.61. The molecule has 1 aliphatic rings. The van der Waals surface area contributed by atoms with E-state index in [0.29, 0.717) is 18.8 Å². The van der Waals surface area contributed by atoms with Gasteiger partial charge in [-0.05, 0) is 43.8 Å². The topological polar surface area (TPSA) is 49.8 Å². The van der Waals surface area contributed by atoms with Crippen molar-refractivity contribution in [1.82, 2.24) is 4.90 Å². The number of ketones is 1. The lowest BCUT2D eigenvalue weighted by molar-refractivity contribution is 0.0807. The summed E-state index contributed by atoms with van der Waals surface area (Å²) in [6, 6.07) is 13.2. The molecule has 0 spiro atoms. The second-order valence-electron chi connectivity index (χ2n) is 6.60. The van der Waals surface area contributed by atoms with Crippen molar-refractivity contribution >= 4 is 17.5 Å². The van der Waals surface area contributed by atoms with E-state index in [-0.39, 0.29) is 17.5 Å². The van der Waals surface area contributed by atoms with E-state index in [0.717, 1.165) is 35.4 Å². The van der Waals surface area contributed by atoms with Crippen LogP contribution in [0.15, 0.2) is 47.4 Å². The molecule has 1 saturated heterocycles. The molecule has 2 aromatic carbocycles. The lowest BCUT2D eigenvalue weighted by Crippen LogP contribution is -2.38. The molecule has 1 aliphatic heterocycles. The van der Waals surface area contributed by atoms with E-state index in [2.05, 4.69) is 4.90 Å². The second kappa shape index (κ2) is 8.60. The van der Waals surface area contributed by atoms with Crippen molar-refractivity contribution in [1.29, 1.82) is 0 Å². The lowest BCUT2D eigenvalue weighted by atomic mass is 9.89. The van der Waals surface area contributed by atoms with Gasteiger partial charge in [-0.3, -0.25) is 9.69 Å². The van der Waals surface area contributed by atoms with E-state index in [4.69, 9.17) is 4.74 Å². The minimum atomic E-state index is -0.00565. The van der Waals surface area contributed by atoms with E-state index >= 15 is 0 Å². The van der Waals surface area contributed by atoms with Gasteiger partial charge in [0.1, 0.15) is 11.5 Å². The lowest BCUT2D eigenvalue weighted by Gasteiger charge is -2.32. The molecule has 138 valence electrons. The quantitative estimate of drug-likeness (QED) is 0.609. The molecule has 4 nitrogen and oxygen atoms in total. The summed E-state index contributed by atoms with van der Waals surface area (Å²) in [6.45, 7) is 2.22. The predicted molar refractivity (Wildman–Crippen MR) is 105 cm³/mol. The first kappa shape index (κ1) is 18.8. The number of rotatable bonds is 6. The first-order chi connectivity index (χ1) is 12.6. The standard InChI is InChI=1S/C21H25NO3S/c1-25-19-10-5-9-18(23)17(19)14-22-12-6-7-15(13-22)21(24)16-8-3-4-11-20(16)26-2/h3-5,8-11,15,23H,6-7,12-14H2,1-2H3/t15-/m0/s1. The Balaban J connectivity index is 1.75. The van der Waals surface area contributed by atoms with Gasteiger partial charge in [0.15, 0.2) is 5.78 Å². The number of nitrogens with zero attached hydrogens (tertiary/aromatic N) is 1. The molecule has 1 atom stereocenters. The van der Waals surface area contributed by atoms with Crippen LogP contribution < -0.4 is 4.74 Å². The zero-order chi connectivity index (χ0) is 18.5. The number of ether oxygens (including phenoxy) is 1. The minimum absolute atomic E-state index is 0.00565. The third-order valence-corrected chi connectivity index (χ3v) is 5.75. The van der Waals surface area contributed by atoms with Gasteiger partial charge < -0.3 is 9.84 Å². The van der Waals surface area contributed by atoms with E-state index in [1.165, 1.54) is 0 Å². The second-order valence-corrected chi connectivity index (χ2v) is 7.44. The summed E-state index contributed by atoms with van der Waals surface area (Å²) in [6.07, 6.45) is 3.90. The maximum Gasteiger partial charge on any atom is 0.168 e. The third kappa shape index (κ3) is 4.05. The Morgan fingerprint density at radius 1 is 1.27 bits per heavy atom. The predicted octanol–water partition coefficient (Wildman–Crippen LogP) is 4.22. The molecule has 0 amide bonds. The number of phenolic OH excluding ortho intramolecular Hbond substituents is 1. The SMILES string of the molecule is COc1cccc(O)c1CN1CCC[C@H](C(=O)c2ccccc2SC)C1. The zero-order valence-electron chi connectivity index (χ0n) is 15.3. The van der Waals surface area contributed by atoms with E-state index in [1.807, 2.05) is 36.6 Å². The highest BCUT2D eigenvalue weighted by Gasteiger charge is 2.28. The number of thioether (sulfide) groups is 1. The van der Waals surface area contributed by atoms with E-state index in [9.17, 15) is 9.90 Å². The maximum absolute atomic E-state index is 13.1. The Bertz CT molecular complexity index is 778. The highest BCUT2D eigenvalue weighted by molar-refractivity contribution is 7.98. The van der Waals surface area contributed by atoms with Gasteiger partial charge in [-0.1, -0.05) is 24.3 Å². The normalized spacial score (nSPS) is 17.8. The largest absolute Gasteiger partial charge is 0.507 e. The van der Waals surface area contributed by atoms with Gasteiger partial charge in [0.05, 0.1) is 7.11 Å². The van der Waals surface area contributed by atoms with Crippen LogP contribution in [-0.4, -0.2) is 42.2 Å². The van der Waals surface area contributed by atoms with Gasteiger partial charge in [-0.15, -0.1) is 11.8 Å². The molecule has 0 aliphatic carbocycles. The van der Waals surface area contributed by atoms with Gasteiger partial charge in [0.2, 0.25) is 0 Å². The van der Waals surface area contributed by atoms with Gasteiger partial charge in [-0.25, -0.2) is 0 Å². The summed E-state index contributed by atoms with van der Waals surface area (Å²) in [5.74, 6) is 1.15. The van der Waals surface area contributed by atoms with Gasteiger partial charge in [0.25, 0.3) is 0 Å². The molecule has 0 saturated carbocycles. The van der Waals surface area contributed by atoms with Crippen LogP contribution in [-0.2, 0) is 6.54 Å². The van der Waals surface area contributed by atoms with Crippen LogP contribution in [0, 0.1) is 5.92 Å². The van der Waals surface area contributed by atoms with Gasteiger partial charge in [0, 0.05) is 35.0 Å². The highest BCUT2D eigenvalue weighted by atomic mass is 32.2. The third-order valence-electron chi connectivity index (χ3n) is 4.96. The zero-order valence-corrected chi connectivity index (χ0v) is 16.1. The number of carbonyl (C=O) groups excluding carboxylic acids is 1. The molecule has 1 heterocycles. The van der Waals surface area contributed by atoms with Crippen LogP contribution in [0.3, 0.4) is 0 Å². The summed E-state index contributed by atoms with van der Waals surface area (Å²) in [4.78, 5) is 16.3. The smallest absolute Gasteiger partial charge is 0.168 e. The fourth-order valence-electron chi connectivity index (χ4n) is 3.61. The van der Waals surface area contributed by atoms with Crippen LogP contribution in [0.5, 0.6) is 11.5 Å². The molecule has 0 unspecified atom stereocenters. The number of benzene rings is 2. The van der Waals surface area contributed by atoms with Crippen molar-refractivity contribution in [2.45, 2.75) is 24.3 Å². The van der Waals surface area contributed by atoms with Crippen molar-refractivity contribution in [2.24, 2.45) is 5.92 Å². The molecule has 1 fully saturated rings. The van der Waals surface area contributed by atoms with E-state index in [1.54, 1.807) is 31.0 Å². The molecule has 26 heavy (non-hydrogen) atoms. The number of aromatic hydroxyl groups is 1. The number of phenols is 1. The summed E-state index contributed by atoms with van der Waals surface area (Å²) in [5, 5.41) is 10.2. The monoisotopic (exact) mass is 371 g/mol. The van der Waals surface area contributed by atoms with E-state index < -0.39 is 0 Å². The highest BCUT2D eigenvalue weighted by Crippen LogP contribution is 2.31. The summed E-state index contributed by atoms with van der Waals surface area (Å²) < 4.78 is 5.39. The van der Waals surface area contributed by atoms with Gasteiger partial charge >= 0.3 is 0 Å². The molecule has 2 aromatic rings.